The molecule has 500 valence electrons. The van der Waals surface area contributed by atoms with E-state index in [4.69, 9.17) is 69.5 Å². The first-order chi connectivity index (χ1) is 39.2. The van der Waals surface area contributed by atoms with Crippen LogP contribution in [0.3, 0.4) is 0 Å². The Balaban J connectivity index is -0.000000127. The Hall–Kier alpha value is 0.187. The van der Waals surface area contributed by atoms with Crippen molar-refractivity contribution in [1.82, 2.24) is 0 Å². The van der Waals surface area contributed by atoms with Crippen molar-refractivity contribution in [2.75, 3.05) is 49.4 Å². The Bertz CT molecular complexity index is 1170. The molecule has 0 aromatic heterocycles. The van der Waals surface area contributed by atoms with Crippen molar-refractivity contribution in [1.29, 1.82) is 0 Å². The van der Waals surface area contributed by atoms with Crippen LogP contribution in [0.15, 0.2) is 48.6 Å². The van der Waals surface area contributed by atoms with Crippen molar-refractivity contribution >= 4 is 136 Å². The quantitative estimate of drug-likeness (QED) is 0.0145. The second-order valence-corrected chi connectivity index (χ2v) is 22.4. The van der Waals surface area contributed by atoms with Gasteiger partial charge in [-0.3, -0.25) is 19.2 Å². The normalized spacial score (nSPS) is 10.4. The van der Waals surface area contributed by atoms with Gasteiger partial charge in [-0.2, -0.15) is 13.5 Å². The Morgan fingerprint density at radius 3 is 0.553 bits per heavy atom. The van der Waals surface area contributed by atoms with Gasteiger partial charge in [-0.1, -0.05) is 220 Å². The molecule has 0 aromatic carbocycles. The molecule has 0 aromatic rings. The number of allylic oxidation sites excluding steroid dienone is 8. The number of carbonyl (C=O) groups excluding carboxylic acids is 4. The van der Waals surface area contributed by atoms with Gasteiger partial charge in [0.05, 0.1) is 26.4 Å². The molecule has 0 saturated heterocycles. The van der Waals surface area contributed by atoms with Crippen LogP contribution in [-0.2, 0) is 88.6 Å². The van der Waals surface area contributed by atoms with Crippen molar-refractivity contribution < 1.29 is 38.1 Å². The van der Waals surface area contributed by atoms with E-state index in [-0.39, 0.29) is 100 Å². The third-order valence-electron chi connectivity index (χ3n) is 13.0. The van der Waals surface area contributed by atoms with E-state index < -0.39 is 0 Å². The van der Waals surface area contributed by atoms with E-state index in [1.165, 1.54) is 180 Å². The molecule has 0 amide bonds. The molecule has 0 saturated carbocycles. The fourth-order valence-corrected chi connectivity index (χ4v) is 8.48. The van der Waals surface area contributed by atoms with Crippen LogP contribution in [0.1, 0.15) is 325 Å². The Morgan fingerprint density at radius 2 is 0.400 bits per heavy atom. The molecule has 0 aliphatic carbocycles. The fourth-order valence-electron chi connectivity index (χ4n) is 8.15. The van der Waals surface area contributed by atoms with Gasteiger partial charge in [0.1, 0.15) is 0 Å². The van der Waals surface area contributed by atoms with Gasteiger partial charge in [-0.05, 0) is 128 Å². The zero-order valence-corrected chi connectivity index (χ0v) is 63.8. The molecular weight excluding hydrogens is 1370 g/mol. The van der Waals surface area contributed by atoms with Crippen LogP contribution in [0.2, 0.25) is 0 Å². The van der Waals surface area contributed by atoms with Crippen molar-refractivity contribution in [3.8, 4) is 0 Å². The van der Waals surface area contributed by atoms with E-state index in [1.54, 1.807) is 0 Å². The molecule has 0 spiro atoms. The van der Waals surface area contributed by atoms with Gasteiger partial charge in [-0.15, -0.1) is 23.0 Å². The largest absolute Gasteiger partial charge is 2.00 e. The molecule has 0 N–H and O–H groups in total. The maximum atomic E-state index is 11.2. The summed E-state index contributed by atoms with van der Waals surface area (Å²) in [6, 6.07) is 0. The minimum absolute atomic E-state index is 0. The summed E-state index contributed by atoms with van der Waals surface area (Å²) in [7, 11) is 0. The molecule has 15 heteroatoms. The molecule has 8 nitrogen and oxygen atoms in total. The Kier molecular flexibility index (Phi) is 123. The Morgan fingerprint density at radius 1 is 0.259 bits per heavy atom. The third kappa shape index (κ3) is 109. The van der Waals surface area contributed by atoms with Crippen molar-refractivity contribution in [3.63, 3.8) is 0 Å². The average Bonchev–Trinajstić information content (AvgIpc) is 3.46. The Labute approximate surface area is 591 Å². The zero-order chi connectivity index (χ0) is 59.6. The van der Waals surface area contributed by atoms with Crippen LogP contribution in [0, 0.1) is 0 Å². The fraction of sp³-hybridized carbons (Fsp3) is 0.829. The zero-order valence-electron chi connectivity index (χ0n) is 53.8. The molecule has 0 atom stereocenters. The summed E-state index contributed by atoms with van der Waals surface area (Å²) >= 11 is 18.9. The van der Waals surface area contributed by atoms with Crippen LogP contribution < -0.4 is 0 Å². The van der Waals surface area contributed by atoms with Crippen LogP contribution in [0.4, 0.5) is 0 Å². The molecule has 0 aliphatic heterocycles. The number of ether oxygens (including phenoxy) is 4. The second kappa shape index (κ2) is 100. The number of hydrogen-bond acceptors (Lipinski definition) is 12. The number of esters is 4. The molecule has 0 bridgehead atoms. The first-order valence-corrected chi connectivity index (χ1v) is 35.1. The van der Waals surface area contributed by atoms with Gasteiger partial charge in [0, 0.05) is 25.7 Å². The number of carbonyl (C=O) groups is 4. The molecule has 0 fully saturated rings. The summed E-state index contributed by atoms with van der Waals surface area (Å²) in [5.41, 5.74) is 0. The smallest absolute Gasteiger partial charge is 0.789 e. The van der Waals surface area contributed by atoms with Gasteiger partial charge in [0.2, 0.25) is 0 Å². The maximum Gasteiger partial charge on any atom is 2.00 e. The van der Waals surface area contributed by atoms with Crippen molar-refractivity contribution in [2.45, 2.75) is 325 Å². The third-order valence-corrected chi connectivity index (χ3v) is 13.6. The molecule has 0 rings (SSSR count). The van der Waals surface area contributed by atoms with E-state index in [9.17, 15) is 19.2 Å². The van der Waals surface area contributed by atoms with E-state index in [2.05, 4.69) is 76.3 Å². The van der Waals surface area contributed by atoms with Gasteiger partial charge < -0.3 is 69.5 Å². The second-order valence-electron chi connectivity index (χ2n) is 20.8. The summed E-state index contributed by atoms with van der Waals surface area (Å²) in [5.74, 6) is 1.55. The van der Waals surface area contributed by atoms with E-state index in [0.29, 0.717) is 75.1 Å². The maximum absolute atomic E-state index is 11.2. The first-order valence-electron chi connectivity index (χ1n) is 32.8. The van der Waals surface area contributed by atoms with E-state index >= 15 is 0 Å². The van der Waals surface area contributed by atoms with Gasteiger partial charge >= 0.3 is 71.7 Å². The predicted octanol–water partition coefficient (Wildman–Crippen LogP) is 20.4. The van der Waals surface area contributed by atoms with Gasteiger partial charge in [-0.25, -0.2) is 0 Å². The van der Waals surface area contributed by atoms with Gasteiger partial charge in [0.25, 0.3) is 0 Å². The van der Waals surface area contributed by atoms with Gasteiger partial charge in [0.15, 0.2) is 0 Å². The van der Waals surface area contributed by atoms with Crippen LogP contribution in [-0.4, -0.2) is 121 Å². The SMILES string of the molecule is C.C.CCCCCCCC/C=C/CCCCC(=O)OCC[S-].CCCCCCCC/C=C/CCCCC(=O)OCC[S-].CCCCCCCC/C=C/CCCCC(=O)OCC[S-].CCCCCCCC/C=C/CCCCC(=O)OCC[S-].S.[Sn+2].[Sn+2]. The van der Waals surface area contributed by atoms with Crippen LogP contribution in [0.25, 0.3) is 0 Å². The topological polar surface area (TPSA) is 105 Å². The minimum atomic E-state index is -0.106. The van der Waals surface area contributed by atoms with E-state index in [0.717, 1.165) is 77.0 Å². The molecular formula is C70H134O8S5Sn2. The molecule has 4 radical (unpaired) electrons. The standard InChI is InChI=1S/4C17H32O2S.2CH4.H2S.2Sn/c4*1-2-3-4-5-6-7-8-9-10-11-12-13-14-17(18)19-15-16-20;;;;;/h4*9-10,20H,2-8,11-16H2,1H3;2*1H4;1H2;;/q;;;;;;;2*+2/p-4/b4*10-9+;;;;;. The van der Waals surface area contributed by atoms with E-state index in [1.807, 2.05) is 0 Å². The summed E-state index contributed by atoms with van der Waals surface area (Å²) in [6.07, 6.45) is 69.9. The average molecular weight is 1500 g/mol. The molecule has 0 unspecified atom stereocenters. The predicted molar refractivity (Wildman–Crippen MR) is 391 cm³/mol. The summed E-state index contributed by atoms with van der Waals surface area (Å²) in [6.45, 7) is 10.5. The summed E-state index contributed by atoms with van der Waals surface area (Å²) in [5, 5.41) is 0. The van der Waals surface area contributed by atoms with Crippen LogP contribution in [0.5, 0.6) is 0 Å². The molecule has 0 heterocycles. The number of hydrogen-bond donors (Lipinski definition) is 0. The summed E-state index contributed by atoms with van der Waals surface area (Å²) in [4.78, 5) is 44.8. The molecule has 0 aliphatic rings. The minimum Gasteiger partial charge on any atom is -0.789 e. The monoisotopic (exact) mass is 1500 g/mol. The van der Waals surface area contributed by atoms with Crippen LogP contribution >= 0.6 is 13.5 Å². The van der Waals surface area contributed by atoms with Crippen molar-refractivity contribution in [2.24, 2.45) is 0 Å². The summed E-state index contributed by atoms with van der Waals surface area (Å²) < 4.78 is 19.7. The number of unbranched alkanes of at least 4 members (excludes halogenated alkanes) is 32. The number of rotatable bonds is 56. The van der Waals surface area contributed by atoms with Crippen molar-refractivity contribution in [3.05, 3.63) is 48.6 Å². The first kappa shape index (κ1) is 104. The molecule has 85 heavy (non-hydrogen) atoms.